The molecule has 1 nitrogen and oxygen atoms in total. The average Bonchev–Trinajstić information content (AvgIpc) is 1.84. The molecule has 0 N–H and O–H groups in total. The average molecular weight is 351 g/mol. The van der Waals surface area contributed by atoms with Crippen LogP contribution in [0.25, 0.3) is 4.85 Å². The van der Waals surface area contributed by atoms with E-state index in [4.69, 9.17) is 6.57 Å². The summed E-state index contributed by atoms with van der Waals surface area (Å²) in [5.74, 6) is 0. The normalized spacial score (nSPS) is 7.31. The van der Waals surface area contributed by atoms with Crippen molar-refractivity contribution in [1.82, 2.24) is 0 Å². The number of hydrogen-bond acceptors (Lipinski definition) is 0. The van der Waals surface area contributed by atoms with Gasteiger partial charge in [0.25, 0.3) is 0 Å². The van der Waals surface area contributed by atoms with Gasteiger partial charge in [0.1, 0.15) is 0 Å². The van der Waals surface area contributed by atoms with Crippen LogP contribution in [0.2, 0.25) is 0 Å². The molecule has 0 aliphatic heterocycles. The van der Waals surface area contributed by atoms with Gasteiger partial charge in [0.15, 0.2) is 0 Å². The molecule has 0 amide bonds. The summed E-state index contributed by atoms with van der Waals surface area (Å²) in [5, 5.41) is 0. The molecule has 0 fully saturated rings. The molecule has 0 aromatic heterocycles. The molecule has 0 atom stereocenters. The van der Waals surface area contributed by atoms with Crippen molar-refractivity contribution in [3.05, 3.63) is 46.3 Å². The van der Waals surface area contributed by atoms with Crippen LogP contribution >= 0.6 is 0 Å². The van der Waals surface area contributed by atoms with Crippen molar-refractivity contribution < 1.29 is 19.8 Å². The van der Waals surface area contributed by atoms with Crippen molar-refractivity contribution in [2.24, 2.45) is 0 Å². The van der Waals surface area contributed by atoms with Crippen LogP contribution in [0.4, 0.5) is 0 Å². The monoisotopic (exact) mass is 353 g/mol. The Morgan fingerprint density at radius 3 is 1.23 bits per heavy atom. The standard InChI is InChI=1S/C9H12.C2H3N.Os/c1-7-4-8(2)6-9(3)5-7;1-3-2;/h4-6H,1-3H3;1H3;. The van der Waals surface area contributed by atoms with Gasteiger partial charge in [-0.2, -0.15) is 0 Å². The summed E-state index contributed by atoms with van der Waals surface area (Å²) in [5.41, 5.74) is 4.06. The predicted octanol–water partition coefficient (Wildman–Crippen LogP) is 3.14. The molecule has 0 aliphatic rings. The van der Waals surface area contributed by atoms with Gasteiger partial charge in [0.2, 0.25) is 7.05 Å². The molecule has 0 saturated carbocycles. The number of rotatable bonds is 0. The van der Waals surface area contributed by atoms with Gasteiger partial charge in [-0.1, -0.05) is 34.9 Å². The van der Waals surface area contributed by atoms with Crippen molar-refractivity contribution in [2.75, 3.05) is 7.05 Å². The number of nitrogens with zero attached hydrogens (tertiary/aromatic N) is 1. The van der Waals surface area contributed by atoms with E-state index in [2.05, 4.69) is 43.8 Å². The van der Waals surface area contributed by atoms with Crippen molar-refractivity contribution in [3.63, 3.8) is 0 Å². The van der Waals surface area contributed by atoms with E-state index in [0.29, 0.717) is 0 Å². The van der Waals surface area contributed by atoms with Crippen LogP contribution in [-0.2, 0) is 19.8 Å². The van der Waals surface area contributed by atoms with Crippen LogP contribution in [0.15, 0.2) is 18.2 Å². The Morgan fingerprint density at radius 1 is 0.923 bits per heavy atom. The molecule has 72 valence electrons. The fourth-order valence-electron chi connectivity index (χ4n) is 1.20. The van der Waals surface area contributed by atoms with E-state index in [9.17, 15) is 0 Å². The quantitative estimate of drug-likeness (QED) is 0.633. The second kappa shape index (κ2) is 7.97. The molecule has 0 heterocycles. The molecule has 1 aromatic carbocycles. The zero-order valence-electron chi connectivity index (χ0n) is 8.53. The third kappa shape index (κ3) is 7.70. The first-order valence-corrected chi connectivity index (χ1v) is 3.90. The van der Waals surface area contributed by atoms with Crippen molar-refractivity contribution in [3.8, 4) is 0 Å². The summed E-state index contributed by atoms with van der Waals surface area (Å²) >= 11 is 0. The number of hydrogen-bond donors (Lipinski definition) is 0. The van der Waals surface area contributed by atoms with E-state index < -0.39 is 0 Å². The molecule has 1 aromatic rings. The molecule has 0 radical (unpaired) electrons. The Morgan fingerprint density at radius 2 is 1.08 bits per heavy atom. The molecule has 1 rings (SSSR count). The fourth-order valence-corrected chi connectivity index (χ4v) is 1.20. The minimum Gasteiger partial charge on any atom is -0.320 e. The Kier molecular flexibility index (Phi) is 9.10. The van der Waals surface area contributed by atoms with Gasteiger partial charge in [0, 0.05) is 19.8 Å². The summed E-state index contributed by atoms with van der Waals surface area (Å²) in [6, 6.07) is 6.56. The summed E-state index contributed by atoms with van der Waals surface area (Å²) in [4.78, 5) is 2.75. The van der Waals surface area contributed by atoms with Crippen molar-refractivity contribution >= 4 is 0 Å². The smallest absolute Gasteiger partial charge is 0.205 e. The molecular weight excluding hydrogens is 336 g/mol. The van der Waals surface area contributed by atoms with Gasteiger partial charge in [-0.15, -0.1) is 0 Å². The van der Waals surface area contributed by atoms with Crippen LogP contribution in [0.5, 0.6) is 0 Å². The van der Waals surface area contributed by atoms with E-state index in [1.54, 1.807) is 0 Å². The summed E-state index contributed by atoms with van der Waals surface area (Å²) in [7, 11) is 1.42. The second-order valence-electron chi connectivity index (χ2n) is 2.89. The predicted molar refractivity (Wildman–Crippen MR) is 53.2 cm³/mol. The molecular formula is C11H15NOs. The Hall–Kier alpha value is -0.654. The molecule has 0 saturated heterocycles. The van der Waals surface area contributed by atoms with Gasteiger partial charge >= 0.3 is 0 Å². The van der Waals surface area contributed by atoms with Crippen LogP contribution in [0, 0.1) is 27.3 Å². The molecule has 2 heteroatoms. The van der Waals surface area contributed by atoms with Gasteiger partial charge in [-0.3, -0.25) is 0 Å². The maximum Gasteiger partial charge on any atom is 0.205 e. The Bertz CT molecular complexity index is 236. The van der Waals surface area contributed by atoms with E-state index in [0.717, 1.165) is 0 Å². The summed E-state index contributed by atoms with van der Waals surface area (Å²) in [6.45, 7) is 12.2. The van der Waals surface area contributed by atoms with Gasteiger partial charge in [-0.25, -0.2) is 6.57 Å². The Labute approximate surface area is 94.0 Å². The van der Waals surface area contributed by atoms with E-state index in [1.165, 1.54) is 23.7 Å². The first-order valence-electron chi connectivity index (χ1n) is 3.90. The molecule has 0 spiro atoms. The van der Waals surface area contributed by atoms with Crippen LogP contribution in [-0.4, -0.2) is 7.05 Å². The molecule has 0 aliphatic carbocycles. The van der Waals surface area contributed by atoms with E-state index in [-0.39, 0.29) is 19.8 Å². The van der Waals surface area contributed by atoms with E-state index >= 15 is 0 Å². The number of benzene rings is 1. The SMILES string of the molecule is Cc1cc(C)cc(C)c1.[C-]#[N+]C.[Os]. The second-order valence-corrected chi connectivity index (χ2v) is 2.89. The molecule has 13 heavy (non-hydrogen) atoms. The van der Waals surface area contributed by atoms with Gasteiger partial charge < -0.3 is 4.85 Å². The maximum atomic E-state index is 5.83. The third-order valence-corrected chi connectivity index (χ3v) is 1.37. The summed E-state index contributed by atoms with van der Waals surface area (Å²) < 4.78 is 0. The Balaban J connectivity index is 0. The van der Waals surface area contributed by atoms with Gasteiger partial charge in [-0.05, 0) is 20.8 Å². The topological polar surface area (TPSA) is 4.36 Å². The molecule has 0 bridgehead atoms. The first-order chi connectivity index (χ1) is 5.60. The maximum absolute atomic E-state index is 5.83. The van der Waals surface area contributed by atoms with Crippen LogP contribution in [0.1, 0.15) is 16.7 Å². The van der Waals surface area contributed by atoms with E-state index in [1.807, 2.05) is 0 Å². The minimum atomic E-state index is 0. The first kappa shape index (κ1) is 14.8. The van der Waals surface area contributed by atoms with Crippen LogP contribution in [0.3, 0.4) is 0 Å². The van der Waals surface area contributed by atoms with Crippen LogP contribution < -0.4 is 0 Å². The van der Waals surface area contributed by atoms with Crippen molar-refractivity contribution in [2.45, 2.75) is 20.8 Å². The zero-order valence-corrected chi connectivity index (χ0v) is 11.1. The number of aryl methyl sites for hydroxylation is 3. The van der Waals surface area contributed by atoms with Gasteiger partial charge in [0.05, 0.1) is 0 Å². The fraction of sp³-hybridized carbons (Fsp3) is 0.364. The van der Waals surface area contributed by atoms with Crippen molar-refractivity contribution in [1.29, 1.82) is 0 Å². The minimum absolute atomic E-state index is 0. The summed E-state index contributed by atoms with van der Waals surface area (Å²) in [6.07, 6.45) is 0. The largest absolute Gasteiger partial charge is 0.320 e. The third-order valence-electron chi connectivity index (χ3n) is 1.37. The zero-order chi connectivity index (χ0) is 9.56. The molecule has 0 unspecified atom stereocenters.